The van der Waals surface area contributed by atoms with Gasteiger partial charge in [-0.05, 0) is 37.3 Å². The second-order valence-corrected chi connectivity index (χ2v) is 9.38. The van der Waals surface area contributed by atoms with Crippen LogP contribution in [0.1, 0.15) is 34.1 Å². The van der Waals surface area contributed by atoms with Crippen molar-refractivity contribution in [1.29, 1.82) is 0 Å². The van der Waals surface area contributed by atoms with E-state index < -0.39 is 15.9 Å². The molecule has 7 heteroatoms. The molecule has 1 aromatic rings. The summed E-state index contributed by atoms with van der Waals surface area (Å²) in [5, 5.41) is 0. The molecule has 1 N–H and O–H groups in total. The van der Waals surface area contributed by atoms with Crippen molar-refractivity contribution in [3.8, 4) is 11.5 Å². The molecule has 142 valence electrons. The monoisotopic (exact) mass is 379 g/mol. The Hall–Kier alpha value is -2.02. The van der Waals surface area contributed by atoms with Gasteiger partial charge >= 0.3 is 0 Å². The van der Waals surface area contributed by atoms with E-state index in [4.69, 9.17) is 9.47 Å². The topological polar surface area (TPSA) is 81.7 Å². The van der Waals surface area contributed by atoms with Gasteiger partial charge < -0.3 is 9.47 Å². The predicted molar refractivity (Wildman–Crippen MR) is 97.6 cm³/mol. The Kier molecular flexibility index (Phi) is 4.77. The van der Waals surface area contributed by atoms with E-state index in [1.54, 1.807) is 6.07 Å². The third kappa shape index (κ3) is 3.58. The maximum absolute atomic E-state index is 12.6. The molecule has 1 saturated carbocycles. The molecule has 26 heavy (non-hydrogen) atoms. The third-order valence-corrected chi connectivity index (χ3v) is 6.31. The van der Waals surface area contributed by atoms with Gasteiger partial charge in [0.25, 0.3) is 10.0 Å². The highest BCUT2D eigenvalue weighted by molar-refractivity contribution is 7.90. The summed E-state index contributed by atoms with van der Waals surface area (Å²) in [6, 6.07) is 4.39. The van der Waals surface area contributed by atoms with E-state index in [-0.39, 0.29) is 22.1 Å². The molecule has 0 radical (unpaired) electrons. The van der Waals surface area contributed by atoms with Crippen molar-refractivity contribution in [2.75, 3.05) is 13.2 Å². The van der Waals surface area contributed by atoms with Crippen LogP contribution >= 0.6 is 0 Å². The normalized spacial score (nSPS) is 23.5. The Balaban J connectivity index is 1.78. The molecule has 1 aliphatic carbocycles. The summed E-state index contributed by atoms with van der Waals surface area (Å²) in [5.41, 5.74) is 0.867. The van der Waals surface area contributed by atoms with Crippen LogP contribution in [-0.4, -0.2) is 27.5 Å². The molecule has 0 spiro atoms. The molecule has 2 atom stereocenters. The van der Waals surface area contributed by atoms with E-state index in [1.807, 2.05) is 33.8 Å². The fourth-order valence-electron chi connectivity index (χ4n) is 3.41. The van der Waals surface area contributed by atoms with Gasteiger partial charge in [0.1, 0.15) is 0 Å². The Morgan fingerprint density at radius 2 is 1.85 bits per heavy atom. The number of carbonyl (C=O) groups is 1. The average Bonchev–Trinajstić information content (AvgIpc) is 3.15. The molecule has 3 rings (SSSR count). The van der Waals surface area contributed by atoms with Crippen LogP contribution in [0.2, 0.25) is 0 Å². The molecule has 0 aromatic heterocycles. The zero-order valence-electron chi connectivity index (χ0n) is 15.5. The largest absolute Gasteiger partial charge is 0.490 e. The van der Waals surface area contributed by atoms with Gasteiger partial charge in [-0.25, -0.2) is 13.1 Å². The highest BCUT2D eigenvalue weighted by atomic mass is 32.2. The first-order chi connectivity index (χ1) is 12.1. The molecule has 1 heterocycles. The first kappa shape index (κ1) is 18.8. The zero-order chi connectivity index (χ0) is 19.1. The second kappa shape index (κ2) is 6.61. The summed E-state index contributed by atoms with van der Waals surface area (Å²) in [4.78, 5) is 12.6. The summed E-state index contributed by atoms with van der Waals surface area (Å²) in [7, 11) is -3.97. The molecule has 0 unspecified atom stereocenters. The van der Waals surface area contributed by atoms with Crippen LogP contribution in [-0.2, 0) is 14.8 Å². The number of fused-ring (bicyclic) bond motifs is 1. The Morgan fingerprint density at radius 1 is 1.19 bits per heavy atom. The van der Waals surface area contributed by atoms with Gasteiger partial charge in [0, 0.05) is 12.5 Å². The highest BCUT2D eigenvalue weighted by Gasteiger charge is 2.60. The summed E-state index contributed by atoms with van der Waals surface area (Å²) in [6.45, 7) is 8.88. The molecule has 2 aliphatic rings. The van der Waals surface area contributed by atoms with Crippen LogP contribution in [0.5, 0.6) is 11.5 Å². The van der Waals surface area contributed by atoms with E-state index in [0.29, 0.717) is 24.7 Å². The molecule has 0 saturated heterocycles. The minimum absolute atomic E-state index is 0.00711. The molecule has 0 bridgehead atoms. The van der Waals surface area contributed by atoms with Crippen LogP contribution < -0.4 is 14.2 Å². The molecule has 1 fully saturated rings. The Morgan fingerprint density at radius 3 is 2.50 bits per heavy atom. The summed E-state index contributed by atoms with van der Waals surface area (Å²) in [6.07, 6.45) is 2.76. The SMILES string of the molecule is CC(C)=C[C@H]1[C@H](C(=O)NS(=O)(=O)c2ccc3c(c2)OCCCO3)C1(C)C. The average molecular weight is 379 g/mol. The Bertz CT molecular complexity index is 853. The van der Waals surface area contributed by atoms with E-state index >= 15 is 0 Å². The van der Waals surface area contributed by atoms with Crippen molar-refractivity contribution >= 4 is 15.9 Å². The number of rotatable bonds is 4. The van der Waals surface area contributed by atoms with E-state index in [1.165, 1.54) is 12.1 Å². The number of amides is 1. The standard InChI is InChI=1S/C19H25NO5S/c1-12(2)10-14-17(19(14,3)4)18(21)20-26(22,23)13-6-7-15-16(11-13)25-9-5-8-24-15/h6-7,10-11,14,17H,5,8-9H2,1-4H3,(H,20,21)/t14-,17+/m0/s1. The lowest BCUT2D eigenvalue weighted by atomic mass is 10.1. The van der Waals surface area contributed by atoms with Crippen molar-refractivity contribution in [2.24, 2.45) is 17.3 Å². The third-order valence-electron chi connectivity index (χ3n) is 4.97. The number of allylic oxidation sites excluding steroid dienone is 2. The van der Waals surface area contributed by atoms with Crippen LogP contribution in [0.15, 0.2) is 34.7 Å². The van der Waals surface area contributed by atoms with Gasteiger partial charge in [-0.15, -0.1) is 0 Å². The van der Waals surface area contributed by atoms with Gasteiger partial charge in [-0.3, -0.25) is 4.79 Å². The molecule has 1 aromatic carbocycles. The van der Waals surface area contributed by atoms with Crippen LogP contribution in [0, 0.1) is 17.3 Å². The predicted octanol–water partition coefficient (Wildman–Crippen LogP) is 2.89. The van der Waals surface area contributed by atoms with Gasteiger partial charge in [0.2, 0.25) is 5.91 Å². The van der Waals surface area contributed by atoms with Crippen LogP contribution in [0.25, 0.3) is 0 Å². The van der Waals surface area contributed by atoms with Gasteiger partial charge in [0.05, 0.1) is 24.0 Å². The van der Waals surface area contributed by atoms with E-state index in [0.717, 1.165) is 12.0 Å². The fraction of sp³-hybridized carbons (Fsp3) is 0.526. The van der Waals surface area contributed by atoms with Crippen molar-refractivity contribution in [2.45, 2.75) is 39.0 Å². The summed E-state index contributed by atoms with van der Waals surface area (Å²) in [5.74, 6) is 0.121. The number of benzene rings is 1. The van der Waals surface area contributed by atoms with Crippen LogP contribution in [0.3, 0.4) is 0 Å². The Labute approximate surface area is 154 Å². The fourth-order valence-corrected chi connectivity index (χ4v) is 4.43. The number of carbonyl (C=O) groups excluding carboxylic acids is 1. The zero-order valence-corrected chi connectivity index (χ0v) is 16.4. The van der Waals surface area contributed by atoms with Gasteiger partial charge in [0.15, 0.2) is 11.5 Å². The lowest BCUT2D eigenvalue weighted by Gasteiger charge is -2.11. The molecular formula is C19H25NO5S. The summed E-state index contributed by atoms with van der Waals surface area (Å²) >= 11 is 0. The smallest absolute Gasteiger partial charge is 0.264 e. The van der Waals surface area contributed by atoms with Crippen LogP contribution in [0.4, 0.5) is 0 Å². The lowest BCUT2D eigenvalue weighted by molar-refractivity contribution is -0.121. The van der Waals surface area contributed by atoms with Crippen molar-refractivity contribution in [1.82, 2.24) is 4.72 Å². The summed E-state index contributed by atoms with van der Waals surface area (Å²) < 4.78 is 38.6. The second-order valence-electron chi connectivity index (χ2n) is 7.70. The van der Waals surface area contributed by atoms with E-state index in [9.17, 15) is 13.2 Å². The molecule has 1 aliphatic heterocycles. The number of ether oxygens (including phenoxy) is 2. The van der Waals surface area contributed by atoms with E-state index in [2.05, 4.69) is 4.72 Å². The first-order valence-corrected chi connectivity index (χ1v) is 10.2. The highest BCUT2D eigenvalue weighted by Crippen LogP contribution is 2.59. The quantitative estimate of drug-likeness (QED) is 0.814. The van der Waals surface area contributed by atoms with Gasteiger partial charge in [-0.2, -0.15) is 0 Å². The van der Waals surface area contributed by atoms with Crippen molar-refractivity contribution in [3.63, 3.8) is 0 Å². The number of nitrogens with one attached hydrogen (secondary N) is 1. The number of sulfonamides is 1. The van der Waals surface area contributed by atoms with Gasteiger partial charge in [-0.1, -0.05) is 25.5 Å². The minimum atomic E-state index is -3.97. The lowest BCUT2D eigenvalue weighted by Crippen LogP contribution is -2.33. The molecule has 1 amide bonds. The molecule has 6 nitrogen and oxygen atoms in total. The van der Waals surface area contributed by atoms with Crippen molar-refractivity contribution in [3.05, 3.63) is 29.8 Å². The van der Waals surface area contributed by atoms with Crippen molar-refractivity contribution < 1.29 is 22.7 Å². The maximum atomic E-state index is 12.6. The number of hydrogen-bond donors (Lipinski definition) is 1. The minimum Gasteiger partial charge on any atom is -0.490 e. The maximum Gasteiger partial charge on any atom is 0.264 e. The molecular weight excluding hydrogens is 354 g/mol. The number of hydrogen-bond acceptors (Lipinski definition) is 5. The first-order valence-electron chi connectivity index (χ1n) is 8.74.